The number of benzene rings is 1. The van der Waals surface area contributed by atoms with Gasteiger partial charge in [0.15, 0.2) is 5.82 Å². The second-order valence-corrected chi connectivity index (χ2v) is 8.82. The summed E-state index contributed by atoms with van der Waals surface area (Å²) in [7, 11) is -4.85. The van der Waals surface area contributed by atoms with E-state index in [0.717, 1.165) is 13.0 Å². The van der Waals surface area contributed by atoms with Crippen LogP contribution < -0.4 is 4.72 Å². The van der Waals surface area contributed by atoms with Crippen molar-refractivity contribution in [2.75, 3.05) is 6.54 Å². The van der Waals surface area contributed by atoms with E-state index in [4.69, 9.17) is 0 Å². The van der Waals surface area contributed by atoms with Gasteiger partial charge in [-0.25, -0.2) is 26.0 Å². The van der Waals surface area contributed by atoms with Crippen LogP contribution in [-0.4, -0.2) is 44.4 Å². The highest BCUT2D eigenvalue weighted by molar-refractivity contribution is 9.10. The minimum absolute atomic E-state index is 0.235. The number of likely N-dealkylation sites (tertiary alicyclic amines) is 1. The Hall–Kier alpha value is -0.920. The number of alkyl halides is 6. The van der Waals surface area contributed by atoms with Crippen molar-refractivity contribution in [3.05, 3.63) is 28.0 Å². The minimum atomic E-state index is -4.85. The first-order valence-corrected chi connectivity index (χ1v) is 10.3. The fourth-order valence-electron chi connectivity index (χ4n) is 2.91. The molecule has 28 heavy (non-hydrogen) atoms. The quantitative estimate of drug-likeness (QED) is 0.605. The fraction of sp³-hybridized carbons (Fsp3) is 0.600. The molecule has 2 unspecified atom stereocenters. The Morgan fingerprint density at radius 3 is 2.43 bits per heavy atom. The van der Waals surface area contributed by atoms with Crippen LogP contribution in [-0.2, 0) is 10.0 Å². The van der Waals surface area contributed by atoms with Crippen LogP contribution in [0, 0.1) is 5.82 Å². The summed E-state index contributed by atoms with van der Waals surface area (Å²) in [6, 6.07) is -0.520. The third kappa shape index (κ3) is 4.97. The van der Waals surface area contributed by atoms with Crippen molar-refractivity contribution in [3.63, 3.8) is 0 Å². The van der Waals surface area contributed by atoms with Gasteiger partial charge >= 0.3 is 6.18 Å². The summed E-state index contributed by atoms with van der Waals surface area (Å²) in [5.74, 6) is -1.74. The second-order valence-electron chi connectivity index (χ2n) is 6.29. The summed E-state index contributed by atoms with van der Waals surface area (Å²) in [6.07, 6.45) is -12.1. The first-order chi connectivity index (χ1) is 12.8. The maximum Gasteiger partial charge on any atom is 0.403 e. The largest absolute Gasteiger partial charge is 0.403 e. The Balaban J connectivity index is 2.39. The highest BCUT2D eigenvalue weighted by atomic mass is 79.9. The second kappa shape index (κ2) is 8.44. The summed E-state index contributed by atoms with van der Waals surface area (Å²) in [6.45, 7) is 0.398. The normalized spacial score (nSPS) is 23.2. The minimum Gasteiger partial charge on any atom is -0.276 e. The number of nitrogens with one attached hydrogen (secondary N) is 1. The van der Waals surface area contributed by atoms with Crippen LogP contribution in [0.1, 0.15) is 31.8 Å². The van der Waals surface area contributed by atoms with E-state index in [2.05, 4.69) is 15.9 Å². The molecule has 0 aliphatic carbocycles. The highest BCUT2D eigenvalue weighted by Gasteiger charge is 2.45. The van der Waals surface area contributed by atoms with Gasteiger partial charge in [-0.15, -0.1) is 0 Å². The van der Waals surface area contributed by atoms with Gasteiger partial charge in [-0.3, -0.25) is 4.90 Å². The molecule has 13 heteroatoms. The van der Waals surface area contributed by atoms with Crippen molar-refractivity contribution in [3.8, 4) is 0 Å². The fourth-order valence-corrected chi connectivity index (χ4v) is 4.70. The van der Waals surface area contributed by atoms with Crippen LogP contribution in [0.2, 0.25) is 0 Å². The number of rotatable bonds is 5. The Bertz CT molecular complexity index is 819. The van der Waals surface area contributed by atoms with Gasteiger partial charge in [0.1, 0.15) is 17.1 Å². The molecule has 1 aromatic rings. The smallest absolute Gasteiger partial charge is 0.276 e. The summed E-state index contributed by atoms with van der Waals surface area (Å²) < 4.78 is 120. The van der Waals surface area contributed by atoms with E-state index < -0.39 is 63.7 Å². The number of hydrogen-bond donors (Lipinski definition) is 1. The average molecular weight is 501 g/mol. The van der Waals surface area contributed by atoms with Gasteiger partial charge in [0.05, 0.1) is 11.7 Å². The number of sulfonamides is 1. The lowest BCUT2D eigenvalue weighted by molar-refractivity contribution is -0.190. The third-order valence-corrected chi connectivity index (χ3v) is 6.61. The van der Waals surface area contributed by atoms with Gasteiger partial charge in [-0.05, 0) is 25.5 Å². The van der Waals surface area contributed by atoms with Gasteiger partial charge in [-0.1, -0.05) is 15.9 Å². The molecule has 3 atom stereocenters. The molecule has 160 valence electrons. The summed E-state index contributed by atoms with van der Waals surface area (Å²) in [4.78, 5) is -0.454. The van der Waals surface area contributed by atoms with Crippen molar-refractivity contribution < 1.29 is 39.2 Å². The van der Waals surface area contributed by atoms with Gasteiger partial charge in [0, 0.05) is 17.4 Å². The molecule has 0 spiro atoms. The Morgan fingerprint density at radius 1 is 1.29 bits per heavy atom. The molecule has 1 heterocycles. The SMILES string of the molecule is CC(N1CCC(F)C[C@@H]1NS(=O)(=O)c1ccc(Br)c(C(F)F)c1F)C(F)(F)F. The Kier molecular flexibility index (Phi) is 7.04. The third-order valence-electron chi connectivity index (χ3n) is 4.44. The Labute approximate surface area is 165 Å². The molecule has 2 rings (SSSR count). The van der Waals surface area contributed by atoms with Crippen LogP contribution >= 0.6 is 15.9 Å². The highest BCUT2D eigenvalue weighted by Crippen LogP contribution is 2.34. The first-order valence-electron chi connectivity index (χ1n) is 8.00. The van der Waals surface area contributed by atoms with Crippen LogP contribution in [0.4, 0.5) is 30.7 Å². The molecule has 0 saturated carbocycles. The molecule has 1 aromatic carbocycles. The summed E-state index contributed by atoms with van der Waals surface area (Å²) in [5, 5.41) is 0. The predicted molar refractivity (Wildman–Crippen MR) is 89.5 cm³/mol. The van der Waals surface area contributed by atoms with E-state index in [1.807, 2.05) is 4.72 Å². The molecule has 1 aliphatic heterocycles. The molecular formula is C15H16BrF7N2O2S. The van der Waals surface area contributed by atoms with Gasteiger partial charge < -0.3 is 0 Å². The molecule has 0 radical (unpaired) electrons. The van der Waals surface area contributed by atoms with Crippen LogP contribution in [0.15, 0.2) is 21.5 Å². The molecule has 0 amide bonds. The van der Waals surface area contributed by atoms with Gasteiger partial charge in [-0.2, -0.15) is 17.9 Å². The molecule has 4 nitrogen and oxygen atoms in total. The van der Waals surface area contributed by atoms with E-state index >= 15 is 0 Å². The zero-order valence-electron chi connectivity index (χ0n) is 14.3. The van der Waals surface area contributed by atoms with Gasteiger partial charge in [0.2, 0.25) is 10.0 Å². The van der Waals surface area contributed by atoms with Crippen molar-refractivity contribution in [1.82, 2.24) is 9.62 Å². The van der Waals surface area contributed by atoms with Crippen LogP contribution in [0.5, 0.6) is 0 Å². The Morgan fingerprint density at radius 2 is 1.89 bits per heavy atom. The maximum atomic E-state index is 14.4. The van der Waals surface area contributed by atoms with Crippen molar-refractivity contribution in [1.29, 1.82) is 0 Å². The topological polar surface area (TPSA) is 49.4 Å². The standard InChI is InChI=1S/C15H16BrF7N2O2S/c1-7(15(21,22)23)25-5-4-8(17)6-11(25)24-28(26,27)10-3-2-9(16)12(13(10)18)14(19)20/h2-3,7-8,11,14,24H,4-6H2,1H3/t7?,8?,11-/m1/s1. The number of hydrogen-bond acceptors (Lipinski definition) is 3. The van der Waals surface area contributed by atoms with E-state index in [9.17, 15) is 39.2 Å². The van der Waals surface area contributed by atoms with E-state index in [1.54, 1.807) is 0 Å². The molecule has 0 aromatic heterocycles. The van der Waals surface area contributed by atoms with Crippen molar-refractivity contribution >= 4 is 26.0 Å². The van der Waals surface area contributed by atoms with Crippen LogP contribution in [0.3, 0.4) is 0 Å². The average Bonchev–Trinajstić information content (AvgIpc) is 2.52. The first kappa shape index (κ1) is 23.4. The van der Waals surface area contributed by atoms with E-state index in [0.29, 0.717) is 11.0 Å². The zero-order valence-corrected chi connectivity index (χ0v) is 16.7. The maximum absolute atomic E-state index is 14.4. The zero-order chi connectivity index (χ0) is 21.4. The number of halogens is 8. The van der Waals surface area contributed by atoms with E-state index in [1.165, 1.54) is 0 Å². The monoisotopic (exact) mass is 500 g/mol. The lowest BCUT2D eigenvalue weighted by Crippen LogP contribution is -2.59. The summed E-state index contributed by atoms with van der Waals surface area (Å²) in [5.41, 5.74) is -1.20. The van der Waals surface area contributed by atoms with Gasteiger partial charge in [0.25, 0.3) is 6.43 Å². The predicted octanol–water partition coefficient (Wildman–Crippen LogP) is 4.51. The number of nitrogens with zero attached hydrogens (tertiary/aromatic N) is 1. The summed E-state index contributed by atoms with van der Waals surface area (Å²) >= 11 is 2.69. The van der Waals surface area contributed by atoms with Crippen molar-refractivity contribution in [2.24, 2.45) is 0 Å². The molecule has 1 saturated heterocycles. The lowest BCUT2D eigenvalue weighted by Gasteiger charge is -2.41. The number of piperidine rings is 1. The molecule has 1 fully saturated rings. The van der Waals surface area contributed by atoms with E-state index in [-0.39, 0.29) is 17.4 Å². The lowest BCUT2D eigenvalue weighted by atomic mass is 10.0. The molecule has 0 bridgehead atoms. The van der Waals surface area contributed by atoms with Crippen molar-refractivity contribution in [2.45, 2.75) is 55.6 Å². The molecule has 1 N–H and O–H groups in total. The van der Waals surface area contributed by atoms with Crippen LogP contribution in [0.25, 0.3) is 0 Å². The molecular weight excluding hydrogens is 485 g/mol. The molecule has 1 aliphatic rings.